The van der Waals surface area contributed by atoms with Crippen molar-refractivity contribution < 1.29 is 0 Å². The van der Waals surface area contributed by atoms with Crippen LogP contribution in [0.25, 0.3) is 0 Å². The van der Waals surface area contributed by atoms with Crippen LogP contribution < -0.4 is 10.6 Å². The van der Waals surface area contributed by atoms with Crippen LogP contribution >= 0.6 is 24.0 Å². The lowest BCUT2D eigenvalue weighted by Gasteiger charge is -2.30. The average Bonchev–Trinajstić information content (AvgIpc) is 2.03. The summed E-state index contributed by atoms with van der Waals surface area (Å²) >= 11 is 7.09. The van der Waals surface area contributed by atoms with Gasteiger partial charge in [0, 0.05) is 6.04 Å². The maximum atomic E-state index is 5.10. The van der Waals surface area contributed by atoms with E-state index in [0.717, 1.165) is 11.5 Å². The number of hydrogen-bond donors (Lipinski definition) is 2. The molecule has 0 spiro atoms. The first-order valence-electron chi connectivity index (χ1n) is 4.91. The Labute approximate surface area is 90.2 Å². The molecular formula is C9H18N2S2. The molecule has 0 aromatic carbocycles. The molecule has 0 aromatic heterocycles. The van der Waals surface area contributed by atoms with E-state index in [-0.39, 0.29) is 0 Å². The van der Waals surface area contributed by atoms with Gasteiger partial charge < -0.3 is 10.6 Å². The summed E-state index contributed by atoms with van der Waals surface area (Å²) in [6, 6.07) is 0.521. The molecule has 1 fully saturated rings. The van der Waals surface area contributed by atoms with Crippen molar-refractivity contribution in [1.82, 2.24) is 10.6 Å². The third-order valence-electron chi connectivity index (χ3n) is 2.05. The summed E-state index contributed by atoms with van der Waals surface area (Å²) in [4.78, 5) is 0. The lowest BCUT2D eigenvalue weighted by Crippen LogP contribution is -2.52. The van der Waals surface area contributed by atoms with E-state index in [0.29, 0.717) is 11.4 Å². The van der Waals surface area contributed by atoms with Gasteiger partial charge in [0.15, 0.2) is 5.11 Å². The van der Waals surface area contributed by atoms with E-state index in [1.807, 2.05) is 11.8 Å². The molecule has 76 valence electrons. The second kappa shape index (κ2) is 5.70. The van der Waals surface area contributed by atoms with Crippen LogP contribution in [0.15, 0.2) is 0 Å². The summed E-state index contributed by atoms with van der Waals surface area (Å²) < 4.78 is 0. The van der Waals surface area contributed by atoms with Gasteiger partial charge in [-0.05, 0) is 37.7 Å². The minimum Gasteiger partial charge on any atom is -0.360 e. The van der Waals surface area contributed by atoms with E-state index >= 15 is 0 Å². The Kier molecular flexibility index (Phi) is 4.88. The zero-order valence-electron chi connectivity index (χ0n) is 8.30. The fourth-order valence-corrected chi connectivity index (χ4v) is 3.11. The van der Waals surface area contributed by atoms with Crippen LogP contribution in [0.5, 0.6) is 0 Å². The van der Waals surface area contributed by atoms with Gasteiger partial charge in [0.05, 0.1) is 5.37 Å². The molecule has 4 heteroatoms. The van der Waals surface area contributed by atoms with E-state index in [4.69, 9.17) is 12.2 Å². The van der Waals surface area contributed by atoms with Gasteiger partial charge in [-0.3, -0.25) is 0 Å². The molecule has 1 aliphatic rings. The predicted molar refractivity (Wildman–Crippen MR) is 64.1 cm³/mol. The number of unbranched alkanes of at least 4 members (excludes halogenated alkanes) is 1. The molecule has 13 heavy (non-hydrogen) atoms. The summed E-state index contributed by atoms with van der Waals surface area (Å²) in [6.45, 7) is 4.41. The first kappa shape index (κ1) is 11.1. The van der Waals surface area contributed by atoms with Crippen molar-refractivity contribution in [3.63, 3.8) is 0 Å². The zero-order valence-corrected chi connectivity index (χ0v) is 9.93. The maximum Gasteiger partial charge on any atom is 0.167 e. The van der Waals surface area contributed by atoms with Crippen molar-refractivity contribution in [1.29, 1.82) is 0 Å². The highest BCUT2D eigenvalue weighted by atomic mass is 32.2. The number of rotatable bonds is 4. The molecule has 1 rings (SSSR count). The van der Waals surface area contributed by atoms with Crippen LogP contribution in [-0.2, 0) is 0 Å². The summed E-state index contributed by atoms with van der Waals surface area (Å²) in [5.74, 6) is 1.24. The Morgan fingerprint density at radius 1 is 1.54 bits per heavy atom. The Bertz CT molecular complexity index is 173. The fourth-order valence-electron chi connectivity index (χ4n) is 1.33. The molecule has 0 radical (unpaired) electrons. The van der Waals surface area contributed by atoms with E-state index in [1.54, 1.807) is 0 Å². The molecule has 1 aliphatic heterocycles. The minimum absolute atomic E-state index is 0.521. The van der Waals surface area contributed by atoms with Gasteiger partial charge in [0.25, 0.3) is 0 Å². The normalized spacial score (nSPS) is 28.0. The van der Waals surface area contributed by atoms with Crippen molar-refractivity contribution in [2.45, 2.75) is 44.5 Å². The molecule has 0 saturated carbocycles. The zero-order chi connectivity index (χ0) is 9.68. The Morgan fingerprint density at radius 2 is 2.31 bits per heavy atom. The van der Waals surface area contributed by atoms with Gasteiger partial charge in [0.1, 0.15) is 0 Å². The Hall–Kier alpha value is 0.0400. The highest BCUT2D eigenvalue weighted by Gasteiger charge is 2.20. The van der Waals surface area contributed by atoms with Crippen molar-refractivity contribution >= 4 is 29.1 Å². The summed E-state index contributed by atoms with van der Waals surface area (Å²) in [5.41, 5.74) is 0. The number of thiocarbonyl (C=S) groups is 1. The molecule has 0 unspecified atom stereocenters. The molecule has 2 nitrogen and oxygen atoms in total. The van der Waals surface area contributed by atoms with Gasteiger partial charge in [0.2, 0.25) is 0 Å². The molecule has 2 atom stereocenters. The Balaban J connectivity index is 2.21. The number of hydrogen-bond acceptors (Lipinski definition) is 2. The fraction of sp³-hybridized carbons (Fsp3) is 0.889. The smallest absolute Gasteiger partial charge is 0.167 e. The SMILES string of the molecule is CCCCS[C@H]1C[C@H](C)NC(=S)N1. The molecular weight excluding hydrogens is 200 g/mol. The molecule has 0 aliphatic carbocycles. The van der Waals surface area contributed by atoms with Crippen LogP contribution in [0.4, 0.5) is 0 Å². The first-order valence-corrected chi connectivity index (χ1v) is 6.36. The van der Waals surface area contributed by atoms with Crippen LogP contribution in [0.2, 0.25) is 0 Å². The van der Waals surface area contributed by atoms with Crippen molar-refractivity contribution in [2.75, 3.05) is 5.75 Å². The average molecular weight is 218 g/mol. The second-order valence-corrected chi connectivity index (χ2v) is 5.19. The van der Waals surface area contributed by atoms with Gasteiger partial charge in [-0.1, -0.05) is 13.3 Å². The topological polar surface area (TPSA) is 24.1 Å². The quantitative estimate of drug-likeness (QED) is 0.557. The van der Waals surface area contributed by atoms with Crippen molar-refractivity contribution in [3.8, 4) is 0 Å². The molecule has 0 amide bonds. The number of nitrogens with one attached hydrogen (secondary N) is 2. The standard InChI is InChI=1S/C9H18N2S2/c1-3-4-5-13-8-6-7(2)10-9(12)11-8/h7-8H,3-6H2,1-2H3,(H2,10,11,12)/t7-,8-/m0/s1. The first-order chi connectivity index (χ1) is 6.22. The van der Waals surface area contributed by atoms with Crippen molar-refractivity contribution in [2.24, 2.45) is 0 Å². The highest BCUT2D eigenvalue weighted by molar-refractivity contribution is 7.99. The predicted octanol–water partition coefficient (Wildman–Crippen LogP) is 2.10. The van der Waals surface area contributed by atoms with Gasteiger partial charge in [-0.2, -0.15) is 0 Å². The second-order valence-electron chi connectivity index (χ2n) is 3.47. The van der Waals surface area contributed by atoms with Crippen molar-refractivity contribution in [3.05, 3.63) is 0 Å². The van der Waals surface area contributed by atoms with Crippen LogP contribution in [0, 0.1) is 0 Å². The third-order valence-corrected chi connectivity index (χ3v) is 3.53. The Morgan fingerprint density at radius 3 is 2.92 bits per heavy atom. The molecule has 2 N–H and O–H groups in total. The number of thioether (sulfide) groups is 1. The van der Waals surface area contributed by atoms with E-state index in [1.165, 1.54) is 18.6 Å². The van der Waals surface area contributed by atoms with E-state index < -0.39 is 0 Å². The largest absolute Gasteiger partial charge is 0.360 e. The van der Waals surface area contributed by atoms with Crippen LogP contribution in [0.3, 0.4) is 0 Å². The van der Waals surface area contributed by atoms with Crippen LogP contribution in [-0.4, -0.2) is 22.3 Å². The summed E-state index contributed by atoms with van der Waals surface area (Å²) in [6.07, 6.45) is 3.74. The van der Waals surface area contributed by atoms with Gasteiger partial charge in [-0.15, -0.1) is 11.8 Å². The molecule has 0 bridgehead atoms. The monoisotopic (exact) mass is 218 g/mol. The third kappa shape index (κ3) is 4.18. The lowest BCUT2D eigenvalue weighted by atomic mass is 10.2. The maximum absolute atomic E-state index is 5.10. The summed E-state index contributed by atoms with van der Waals surface area (Å²) in [5, 5.41) is 7.83. The van der Waals surface area contributed by atoms with E-state index in [9.17, 15) is 0 Å². The van der Waals surface area contributed by atoms with Crippen LogP contribution in [0.1, 0.15) is 33.1 Å². The molecule has 1 heterocycles. The molecule has 0 aromatic rings. The molecule has 1 saturated heterocycles. The van der Waals surface area contributed by atoms with E-state index in [2.05, 4.69) is 24.5 Å². The van der Waals surface area contributed by atoms with Gasteiger partial charge in [-0.25, -0.2) is 0 Å². The highest BCUT2D eigenvalue weighted by Crippen LogP contribution is 2.18. The van der Waals surface area contributed by atoms with Gasteiger partial charge >= 0.3 is 0 Å². The summed E-state index contributed by atoms with van der Waals surface area (Å²) in [7, 11) is 0. The minimum atomic E-state index is 0.521. The lowest BCUT2D eigenvalue weighted by molar-refractivity contribution is 0.527.